The molecular weight excluding hydrogens is 246 g/mol. The Bertz CT molecular complexity index is 596. The quantitative estimate of drug-likeness (QED) is 0.829. The fourth-order valence-corrected chi connectivity index (χ4v) is 2.22. The molecule has 0 aliphatic carbocycles. The van der Waals surface area contributed by atoms with Crippen molar-refractivity contribution >= 4 is 10.8 Å². The van der Waals surface area contributed by atoms with Crippen molar-refractivity contribution in [2.24, 2.45) is 0 Å². The Morgan fingerprint density at radius 2 is 1.90 bits per heavy atom. The van der Waals surface area contributed by atoms with Gasteiger partial charge < -0.3 is 10.1 Å². The van der Waals surface area contributed by atoms with Crippen LogP contribution in [0, 0.1) is 0 Å². The average molecular weight is 270 g/mol. The summed E-state index contributed by atoms with van der Waals surface area (Å²) in [5.74, 6) is 0.962. The number of fused-ring (bicyclic) bond motifs is 1. The summed E-state index contributed by atoms with van der Waals surface area (Å²) >= 11 is 0. The molecule has 0 aliphatic heterocycles. The van der Waals surface area contributed by atoms with Crippen LogP contribution in [0.5, 0.6) is 5.75 Å². The SMILES string of the molecule is C=CCOc1ccc2ccccc2c1C[NH2+]C(C)(C)C. The highest BCUT2D eigenvalue weighted by atomic mass is 16.5. The van der Waals surface area contributed by atoms with Crippen LogP contribution in [0.4, 0.5) is 0 Å². The van der Waals surface area contributed by atoms with Gasteiger partial charge in [-0.1, -0.05) is 43.0 Å². The normalized spacial score (nSPS) is 11.6. The molecule has 20 heavy (non-hydrogen) atoms. The van der Waals surface area contributed by atoms with Gasteiger partial charge in [0.1, 0.15) is 18.9 Å². The lowest BCUT2D eigenvalue weighted by atomic mass is 10.0. The third-order valence-electron chi connectivity index (χ3n) is 3.27. The van der Waals surface area contributed by atoms with Crippen molar-refractivity contribution in [3.8, 4) is 5.75 Å². The number of rotatable bonds is 5. The van der Waals surface area contributed by atoms with E-state index in [2.05, 4.69) is 69.1 Å². The molecule has 0 atom stereocenters. The van der Waals surface area contributed by atoms with E-state index in [9.17, 15) is 0 Å². The second-order valence-corrected chi connectivity index (χ2v) is 6.14. The minimum absolute atomic E-state index is 0.201. The molecule has 0 amide bonds. The van der Waals surface area contributed by atoms with Crippen LogP contribution in [0.1, 0.15) is 26.3 Å². The zero-order valence-electron chi connectivity index (χ0n) is 12.6. The van der Waals surface area contributed by atoms with Gasteiger partial charge >= 0.3 is 0 Å². The third-order valence-corrected chi connectivity index (χ3v) is 3.27. The maximum atomic E-state index is 5.82. The van der Waals surface area contributed by atoms with E-state index < -0.39 is 0 Å². The van der Waals surface area contributed by atoms with Crippen LogP contribution in [0.15, 0.2) is 49.1 Å². The Balaban J connectivity index is 2.41. The van der Waals surface area contributed by atoms with Crippen LogP contribution in [0.2, 0.25) is 0 Å². The first-order valence-electron chi connectivity index (χ1n) is 7.10. The molecule has 2 nitrogen and oxygen atoms in total. The maximum Gasteiger partial charge on any atom is 0.129 e. The summed E-state index contributed by atoms with van der Waals surface area (Å²) in [4.78, 5) is 0. The number of nitrogens with two attached hydrogens (primary N) is 1. The van der Waals surface area contributed by atoms with Crippen LogP contribution < -0.4 is 10.1 Å². The fraction of sp³-hybridized carbons (Fsp3) is 0.333. The molecule has 2 aromatic rings. The number of ether oxygens (including phenoxy) is 1. The van der Waals surface area contributed by atoms with Crippen LogP contribution in [-0.2, 0) is 6.54 Å². The first kappa shape index (κ1) is 14.6. The molecule has 106 valence electrons. The Labute approximate surface area is 121 Å². The van der Waals surface area contributed by atoms with E-state index in [0.717, 1.165) is 12.3 Å². The van der Waals surface area contributed by atoms with Crippen molar-refractivity contribution in [3.63, 3.8) is 0 Å². The molecule has 0 saturated carbocycles. The van der Waals surface area contributed by atoms with E-state index in [-0.39, 0.29) is 5.54 Å². The van der Waals surface area contributed by atoms with E-state index in [1.165, 1.54) is 16.3 Å². The van der Waals surface area contributed by atoms with Gasteiger partial charge in [-0.25, -0.2) is 0 Å². The molecule has 2 aromatic carbocycles. The lowest BCUT2D eigenvalue weighted by Gasteiger charge is -2.19. The highest BCUT2D eigenvalue weighted by Gasteiger charge is 2.16. The smallest absolute Gasteiger partial charge is 0.129 e. The minimum atomic E-state index is 0.201. The molecule has 0 aliphatic rings. The monoisotopic (exact) mass is 270 g/mol. The first-order valence-corrected chi connectivity index (χ1v) is 7.10. The van der Waals surface area contributed by atoms with E-state index in [0.29, 0.717) is 6.61 Å². The highest BCUT2D eigenvalue weighted by Crippen LogP contribution is 2.27. The van der Waals surface area contributed by atoms with Gasteiger partial charge in [0, 0.05) is 0 Å². The topological polar surface area (TPSA) is 25.8 Å². The van der Waals surface area contributed by atoms with Gasteiger partial charge in [0.15, 0.2) is 0 Å². The number of hydrogen-bond acceptors (Lipinski definition) is 1. The summed E-state index contributed by atoms with van der Waals surface area (Å²) in [6.07, 6.45) is 1.78. The molecule has 0 spiro atoms. The summed E-state index contributed by atoms with van der Waals surface area (Å²) in [6.45, 7) is 11.9. The van der Waals surface area contributed by atoms with Gasteiger partial charge in [-0.2, -0.15) is 0 Å². The first-order chi connectivity index (χ1) is 9.51. The van der Waals surface area contributed by atoms with Gasteiger partial charge in [-0.3, -0.25) is 0 Å². The van der Waals surface area contributed by atoms with Gasteiger partial charge in [-0.15, -0.1) is 0 Å². The van der Waals surface area contributed by atoms with Gasteiger partial charge in [0.05, 0.1) is 11.1 Å². The average Bonchev–Trinajstić information content (AvgIpc) is 2.42. The molecule has 0 heterocycles. The van der Waals surface area contributed by atoms with Crippen LogP contribution in [-0.4, -0.2) is 12.1 Å². The molecule has 0 radical (unpaired) electrons. The summed E-state index contributed by atoms with van der Waals surface area (Å²) in [7, 11) is 0. The third kappa shape index (κ3) is 3.61. The van der Waals surface area contributed by atoms with E-state index in [4.69, 9.17) is 4.74 Å². The molecule has 0 fully saturated rings. The van der Waals surface area contributed by atoms with E-state index in [1.807, 2.05) is 0 Å². The van der Waals surface area contributed by atoms with Crippen LogP contribution in [0.3, 0.4) is 0 Å². The Hall–Kier alpha value is -1.80. The van der Waals surface area contributed by atoms with E-state index >= 15 is 0 Å². The molecule has 2 rings (SSSR count). The molecule has 0 saturated heterocycles. The van der Waals surface area contributed by atoms with Crippen LogP contribution >= 0.6 is 0 Å². The number of benzene rings is 2. The molecule has 2 heteroatoms. The van der Waals surface area contributed by atoms with Gasteiger partial charge in [0.25, 0.3) is 0 Å². The minimum Gasteiger partial charge on any atom is -0.489 e. The Morgan fingerprint density at radius 1 is 1.15 bits per heavy atom. The molecule has 0 aromatic heterocycles. The number of hydrogen-bond donors (Lipinski definition) is 1. The Morgan fingerprint density at radius 3 is 2.60 bits per heavy atom. The molecule has 0 unspecified atom stereocenters. The largest absolute Gasteiger partial charge is 0.489 e. The number of quaternary nitrogens is 1. The second kappa shape index (κ2) is 6.10. The van der Waals surface area contributed by atoms with E-state index in [1.54, 1.807) is 6.08 Å². The lowest BCUT2D eigenvalue weighted by Crippen LogP contribution is -2.92. The van der Waals surface area contributed by atoms with Crippen molar-refractivity contribution in [2.75, 3.05) is 6.61 Å². The fourth-order valence-electron chi connectivity index (χ4n) is 2.22. The van der Waals surface area contributed by atoms with Crippen LogP contribution in [0.25, 0.3) is 10.8 Å². The predicted molar refractivity (Wildman–Crippen MR) is 85.0 cm³/mol. The summed E-state index contributed by atoms with van der Waals surface area (Å²) in [6, 6.07) is 12.7. The van der Waals surface area contributed by atoms with Crippen molar-refractivity contribution in [2.45, 2.75) is 32.9 Å². The second-order valence-electron chi connectivity index (χ2n) is 6.14. The Kier molecular flexibility index (Phi) is 4.46. The van der Waals surface area contributed by atoms with Crippen molar-refractivity contribution in [1.82, 2.24) is 0 Å². The standard InChI is InChI=1S/C18H23NO/c1-5-12-20-17-11-10-14-8-6-7-9-15(14)16(17)13-19-18(2,3)4/h5-11,19H,1,12-13H2,2-4H3/p+1. The zero-order valence-corrected chi connectivity index (χ0v) is 12.6. The van der Waals surface area contributed by atoms with Crippen molar-refractivity contribution < 1.29 is 10.1 Å². The maximum absolute atomic E-state index is 5.82. The lowest BCUT2D eigenvalue weighted by molar-refractivity contribution is -0.731. The highest BCUT2D eigenvalue weighted by molar-refractivity contribution is 5.87. The van der Waals surface area contributed by atoms with Crippen molar-refractivity contribution in [1.29, 1.82) is 0 Å². The molecule has 0 bridgehead atoms. The summed E-state index contributed by atoms with van der Waals surface area (Å²) in [5.41, 5.74) is 1.46. The predicted octanol–water partition coefficient (Wildman–Crippen LogP) is 3.27. The molecule has 2 N–H and O–H groups in total. The van der Waals surface area contributed by atoms with Gasteiger partial charge in [-0.05, 0) is 37.6 Å². The summed E-state index contributed by atoms with van der Waals surface area (Å²) < 4.78 is 5.82. The summed E-state index contributed by atoms with van der Waals surface area (Å²) in [5, 5.41) is 4.88. The molecular formula is C18H24NO+. The van der Waals surface area contributed by atoms with Gasteiger partial charge in [0.2, 0.25) is 0 Å². The zero-order chi connectivity index (χ0) is 14.6. The van der Waals surface area contributed by atoms with Crippen molar-refractivity contribution in [3.05, 3.63) is 54.6 Å².